The van der Waals surface area contributed by atoms with Crippen molar-refractivity contribution in [3.63, 3.8) is 0 Å². The van der Waals surface area contributed by atoms with Crippen LogP contribution in [0.15, 0.2) is 0 Å². The molecule has 18 heavy (non-hydrogen) atoms. The molecule has 1 aliphatic heterocycles. The lowest BCUT2D eigenvalue weighted by molar-refractivity contribution is -0.138. The second-order valence-corrected chi connectivity index (χ2v) is 5.55. The lowest BCUT2D eigenvalue weighted by Crippen LogP contribution is -2.51. The zero-order valence-corrected chi connectivity index (χ0v) is 10.9. The molecule has 0 spiro atoms. The van der Waals surface area contributed by atoms with E-state index in [2.05, 4.69) is 5.32 Å². The number of amides is 2. The molecule has 2 amide bonds. The molecule has 1 saturated heterocycles. The van der Waals surface area contributed by atoms with E-state index in [1.807, 2.05) is 0 Å². The van der Waals surface area contributed by atoms with Crippen molar-refractivity contribution in [2.75, 3.05) is 13.1 Å². The van der Waals surface area contributed by atoms with Crippen LogP contribution in [-0.4, -0.2) is 41.1 Å². The maximum Gasteiger partial charge on any atom is 0.325 e. The number of fused-ring (bicyclic) bond motifs is 1. The van der Waals surface area contributed by atoms with E-state index in [-0.39, 0.29) is 6.03 Å². The summed E-state index contributed by atoms with van der Waals surface area (Å²) in [6.45, 7) is 3.05. The van der Waals surface area contributed by atoms with Gasteiger partial charge in [-0.15, -0.1) is 0 Å². The highest BCUT2D eigenvalue weighted by Gasteiger charge is 2.33. The van der Waals surface area contributed by atoms with Crippen molar-refractivity contribution in [3.8, 4) is 0 Å². The van der Waals surface area contributed by atoms with E-state index in [1.54, 1.807) is 4.90 Å². The molecule has 1 aliphatic carbocycles. The summed E-state index contributed by atoms with van der Waals surface area (Å²) in [5.41, 5.74) is 0. The first-order valence-electron chi connectivity index (χ1n) is 6.86. The number of rotatable bonds is 2. The van der Waals surface area contributed by atoms with Crippen molar-refractivity contribution in [1.82, 2.24) is 10.2 Å². The predicted octanol–water partition coefficient (Wildman–Crippen LogP) is 1.68. The monoisotopic (exact) mass is 254 g/mol. The summed E-state index contributed by atoms with van der Waals surface area (Å²) in [6.07, 6.45) is 6.17. The van der Waals surface area contributed by atoms with Gasteiger partial charge in [-0.05, 0) is 31.6 Å². The van der Waals surface area contributed by atoms with Crippen LogP contribution in [0.1, 0.15) is 39.0 Å². The number of nitrogens with zero attached hydrogens (tertiary/aromatic N) is 1. The van der Waals surface area contributed by atoms with Gasteiger partial charge in [-0.25, -0.2) is 4.79 Å². The van der Waals surface area contributed by atoms with E-state index in [0.29, 0.717) is 5.92 Å². The predicted molar refractivity (Wildman–Crippen MR) is 67.3 cm³/mol. The van der Waals surface area contributed by atoms with Crippen LogP contribution in [-0.2, 0) is 4.79 Å². The van der Waals surface area contributed by atoms with Crippen molar-refractivity contribution < 1.29 is 14.7 Å². The third-order valence-electron chi connectivity index (χ3n) is 4.29. The average molecular weight is 254 g/mol. The summed E-state index contributed by atoms with van der Waals surface area (Å²) in [7, 11) is 0. The van der Waals surface area contributed by atoms with Crippen LogP contribution in [0.5, 0.6) is 0 Å². The Morgan fingerprint density at radius 3 is 2.56 bits per heavy atom. The Kier molecular flexibility index (Phi) is 4.09. The number of carbonyl (C=O) groups excluding carboxylic acids is 1. The number of hydrogen-bond donors (Lipinski definition) is 2. The zero-order chi connectivity index (χ0) is 13.1. The van der Waals surface area contributed by atoms with E-state index in [9.17, 15) is 9.59 Å². The van der Waals surface area contributed by atoms with Gasteiger partial charge < -0.3 is 15.3 Å². The molecule has 2 aliphatic rings. The van der Waals surface area contributed by atoms with E-state index in [0.717, 1.165) is 25.4 Å². The molecule has 5 nitrogen and oxygen atoms in total. The Hall–Kier alpha value is -1.26. The first-order chi connectivity index (χ1) is 8.58. The van der Waals surface area contributed by atoms with E-state index in [1.165, 1.54) is 32.6 Å². The molecular formula is C13H22N2O3. The minimum atomic E-state index is -0.990. The third kappa shape index (κ3) is 2.94. The number of carboxylic acids is 1. The number of piperidine rings is 1. The first kappa shape index (κ1) is 13.2. The second kappa shape index (κ2) is 5.59. The number of aliphatic carboxylic acids is 1. The highest BCUT2D eigenvalue weighted by molar-refractivity contribution is 5.82. The van der Waals surface area contributed by atoms with Gasteiger partial charge in [0.25, 0.3) is 0 Å². The molecular weight excluding hydrogens is 232 g/mol. The quantitative estimate of drug-likeness (QED) is 0.787. The number of carbonyl (C=O) groups is 2. The van der Waals surface area contributed by atoms with Gasteiger partial charge in [-0.1, -0.05) is 19.3 Å². The molecule has 1 heterocycles. The number of nitrogens with one attached hydrogen (secondary N) is 1. The lowest BCUT2D eigenvalue weighted by Gasteiger charge is -2.41. The summed E-state index contributed by atoms with van der Waals surface area (Å²) < 4.78 is 0. The molecule has 3 atom stereocenters. The highest BCUT2D eigenvalue weighted by atomic mass is 16.4. The van der Waals surface area contributed by atoms with Crippen molar-refractivity contribution in [3.05, 3.63) is 0 Å². The fourth-order valence-electron chi connectivity index (χ4n) is 3.12. The van der Waals surface area contributed by atoms with Crippen molar-refractivity contribution in [2.45, 2.75) is 45.1 Å². The van der Waals surface area contributed by atoms with Crippen LogP contribution >= 0.6 is 0 Å². The molecule has 2 fully saturated rings. The molecule has 0 aromatic heterocycles. The molecule has 5 heteroatoms. The van der Waals surface area contributed by atoms with Crippen LogP contribution < -0.4 is 5.32 Å². The molecule has 2 N–H and O–H groups in total. The standard InChI is InChI=1S/C13H22N2O3/c1-9(12(16)17)14-13(18)15-7-6-10-4-2-3-5-11(10)8-15/h9-11H,2-8H2,1H3,(H,14,18)(H,16,17)/t9-,10?,11?/m0/s1. The SMILES string of the molecule is C[C@H](NC(=O)N1CCC2CCCCC2C1)C(=O)O. The molecule has 1 saturated carbocycles. The Morgan fingerprint density at radius 2 is 1.89 bits per heavy atom. The maximum absolute atomic E-state index is 11.9. The third-order valence-corrected chi connectivity index (χ3v) is 4.29. The summed E-state index contributed by atoms with van der Waals surface area (Å²) in [6, 6.07) is -1.05. The maximum atomic E-state index is 11.9. The van der Waals surface area contributed by atoms with Crippen LogP contribution in [0.2, 0.25) is 0 Å². The van der Waals surface area contributed by atoms with Gasteiger partial charge in [-0.3, -0.25) is 4.79 Å². The molecule has 102 valence electrons. The number of urea groups is 1. The highest BCUT2D eigenvalue weighted by Crippen LogP contribution is 2.35. The van der Waals surface area contributed by atoms with Gasteiger partial charge in [-0.2, -0.15) is 0 Å². The summed E-state index contributed by atoms with van der Waals surface area (Å²) in [5, 5.41) is 11.3. The zero-order valence-electron chi connectivity index (χ0n) is 10.9. The Labute approximate surface area is 108 Å². The van der Waals surface area contributed by atoms with Gasteiger partial charge in [0.15, 0.2) is 0 Å². The molecule has 0 aromatic rings. The largest absolute Gasteiger partial charge is 0.480 e. The smallest absolute Gasteiger partial charge is 0.325 e. The molecule has 2 unspecified atom stereocenters. The van der Waals surface area contributed by atoms with Gasteiger partial charge in [0.1, 0.15) is 6.04 Å². The topological polar surface area (TPSA) is 69.6 Å². The van der Waals surface area contributed by atoms with Crippen LogP contribution in [0, 0.1) is 11.8 Å². The van der Waals surface area contributed by atoms with Crippen molar-refractivity contribution >= 4 is 12.0 Å². The number of likely N-dealkylation sites (tertiary alicyclic amines) is 1. The van der Waals surface area contributed by atoms with Crippen LogP contribution in [0.4, 0.5) is 4.79 Å². The minimum Gasteiger partial charge on any atom is -0.480 e. The van der Waals surface area contributed by atoms with E-state index >= 15 is 0 Å². The Balaban J connectivity index is 1.86. The first-order valence-corrected chi connectivity index (χ1v) is 6.86. The lowest BCUT2D eigenvalue weighted by atomic mass is 9.75. The van der Waals surface area contributed by atoms with Gasteiger partial charge in [0, 0.05) is 13.1 Å². The normalized spacial score (nSPS) is 29.3. The minimum absolute atomic E-state index is 0.228. The summed E-state index contributed by atoms with van der Waals surface area (Å²) in [4.78, 5) is 24.4. The number of carboxylic acid groups (broad SMARTS) is 1. The molecule has 2 rings (SSSR count). The van der Waals surface area contributed by atoms with Gasteiger partial charge in [0.05, 0.1) is 0 Å². The number of hydrogen-bond acceptors (Lipinski definition) is 2. The fraction of sp³-hybridized carbons (Fsp3) is 0.846. The summed E-state index contributed by atoms with van der Waals surface area (Å²) >= 11 is 0. The molecule has 0 bridgehead atoms. The van der Waals surface area contributed by atoms with Crippen LogP contribution in [0.3, 0.4) is 0 Å². The molecule has 0 aromatic carbocycles. The second-order valence-electron chi connectivity index (χ2n) is 5.55. The molecule has 0 radical (unpaired) electrons. The van der Waals surface area contributed by atoms with Crippen molar-refractivity contribution in [2.24, 2.45) is 11.8 Å². The van der Waals surface area contributed by atoms with E-state index < -0.39 is 12.0 Å². The van der Waals surface area contributed by atoms with Gasteiger partial charge >= 0.3 is 12.0 Å². The average Bonchev–Trinajstić information content (AvgIpc) is 2.37. The van der Waals surface area contributed by atoms with Crippen LogP contribution in [0.25, 0.3) is 0 Å². The Morgan fingerprint density at radius 1 is 1.22 bits per heavy atom. The van der Waals surface area contributed by atoms with E-state index in [4.69, 9.17) is 5.11 Å². The van der Waals surface area contributed by atoms with Crippen molar-refractivity contribution in [1.29, 1.82) is 0 Å². The van der Waals surface area contributed by atoms with Gasteiger partial charge in [0.2, 0.25) is 0 Å². The fourth-order valence-corrected chi connectivity index (χ4v) is 3.12. The Bertz CT molecular complexity index is 332. The summed E-state index contributed by atoms with van der Waals surface area (Å²) in [5.74, 6) is 0.411.